The molecule has 130 valence electrons. The maximum Gasteiger partial charge on any atom is 0.138 e. The van der Waals surface area contributed by atoms with Gasteiger partial charge in [-0.1, -0.05) is 31.6 Å². The van der Waals surface area contributed by atoms with Crippen molar-refractivity contribution < 1.29 is 4.39 Å². The molecular formula is C22H23BrFN. The van der Waals surface area contributed by atoms with Gasteiger partial charge in [0.05, 0.1) is 9.99 Å². The van der Waals surface area contributed by atoms with Gasteiger partial charge in [-0.05, 0) is 76.7 Å². The zero-order valence-corrected chi connectivity index (χ0v) is 16.4. The first-order valence-corrected chi connectivity index (χ1v) is 9.53. The lowest BCUT2D eigenvalue weighted by atomic mass is 9.99. The van der Waals surface area contributed by atoms with Gasteiger partial charge in [-0.3, -0.25) is 0 Å². The standard InChI is InChI=1S/C22H23BrFN/c1-4-6-7-16-11-17(9-8-15(16)3)21-13-18-12-20(24)19(23)14-22(18)25(21)10-5-2/h5,8-9,11-14H,2,4,6-7,10H2,1,3H3. The number of nitrogens with zero attached hydrogens (tertiary/aromatic N) is 1. The number of fused-ring (bicyclic) bond motifs is 1. The van der Waals surface area contributed by atoms with Gasteiger partial charge in [-0.25, -0.2) is 4.39 Å². The van der Waals surface area contributed by atoms with Crippen LogP contribution in [0.25, 0.3) is 22.2 Å². The van der Waals surface area contributed by atoms with E-state index in [-0.39, 0.29) is 5.82 Å². The van der Waals surface area contributed by atoms with Crippen LogP contribution in [0.4, 0.5) is 4.39 Å². The fourth-order valence-electron chi connectivity index (χ4n) is 3.29. The lowest BCUT2D eigenvalue weighted by molar-refractivity contribution is 0.623. The van der Waals surface area contributed by atoms with E-state index in [0.29, 0.717) is 11.0 Å². The van der Waals surface area contributed by atoms with E-state index in [1.54, 1.807) is 6.07 Å². The molecule has 0 aliphatic rings. The van der Waals surface area contributed by atoms with Crippen molar-refractivity contribution in [2.75, 3.05) is 0 Å². The molecular weight excluding hydrogens is 377 g/mol. The summed E-state index contributed by atoms with van der Waals surface area (Å²) in [5.41, 5.74) is 6.01. The minimum atomic E-state index is -0.234. The van der Waals surface area contributed by atoms with Gasteiger partial charge < -0.3 is 4.57 Å². The number of benzene rings is 2. The summed E-state index contributed by atoms with van der Waals surface area (Å²) in [7, 11) is 0. The highest BCUT2D eigenvalue weighted by Gasteiger charge is 2.13. The average molecular weight is 400 g/mol. The Balaban J connectivity index is 2.17. The summed E-state index contributed by atoms with van der Waals surface area (Å²) < 4.78 is 16.6. The van der Waals surface area contributed by atoms with E-state index in [9.17, 15) is 4.39 Å². The summed E-state index contributed by atoms with van der Waals surface area (Å²) >= 11 is 3.30. The first-order chi connectivity index (χ1) is 12.0. The highest BCUT2D eigenvalue weighted by atomic mass is 79.9. The molecule has 3 heteroatoms. The molecule has 0 aliphatic heterocycles. The highest BCUT2D eigenvalue weighted by Crippen LogP contribution is 2.32. The Morgan fingerprint density at radius 1 is 1.20 bits per heavy atom. The molecule has 0 radical (unpaired) electrons. The predicted octanol–water partition coefficient (Wildman–Crippen LogP) is 7.05. The lowest BCUT2D eigenvalue weighted by Gasteiger charge is -2.12. The van der Waals surface area contributed by atoms with Gasteiger partial charge in [0, 0.05) is 17.6 Å². The fraction of sp³-hybridized carbons (Fsp3) is 0.273. The maximum atomic E-state index is 14.0. The molecule has 0 saturated carbocycles. The second kappa shape index (κ2) is 7.57. The van der Waals surface area contributed by atoms with Crippen LogP contribution in [0, 0.1) is 12.7 Å². The second-order valence-corrected chi connectivity index (χ2v) is 7.35. The topological polar surface area (TPSA) is 4.93 Å². The summed E-state index contributed by atoms with van der Waals surface area (Å²) in [6.07, 6.45) is 5.36. The first kappa shape index (κ1) is 17.9. The normalized spacial score (nSPS) is 11.2. The van der Waals surface area contributed by atoms with E-state index in [4.69, 9.17) is 0 Å². The lowest BCUT2D eigenvalue weighted by Crippen LogP contribution is -1.99. The smallest absolute Gasteiger partial charge is 0.138 e. The number of unbranched alkanes of at least 4 members (excludes halogenated alkanes) is 1. The van der Waals surface area contributed by atoms with E-state index in [0.717, 1.165) is 23.0 Å². The number of rotatable bonds is 6. The Morgan fingerprint density at radius 3 is 2.72 bits per heavy atom. The molecule has 1 heterocycles. The molecule has 0 N–H and O–H groups in total. The number of hydrogen-bond donors (Lipinski definition) is 0. The molecule has 3 rings (SSSR count). The van der Waals surface area contributed by atoms with Gasteiger partial charge in [-0.2, -0.15) is 0 Å². The quantitative estimate of drug-likeness (QED) is 0.391. The molecule has 2 aromatic carbocycles. The van der Waals surface area contributed by atoms with Crippen molar-refractivity contribution >= 4 is 26.8 Å². The van der Waals surface area contributed by atoms with Crippen molar-refractivity contribution in [1.82, 2.24) is 4.57 Å². The van der Waals surface area contributed by atoms with Gasteiger partial charge in [0.1, 0.15) is 5.82 Å². The second-order valence-electron chi connectivity index (χ2n) is 6.50. The van der Waals surface area contributed by atoms with Gasteiger partial charge in [0.15, 0.2) is 0 Å². The summed E-state index contributed by atoms with van der Waals surface area (Å²) in [4.78, 5) is 0. The van der Waals surface area contributed by atoms with Crippen LogP contribution in [0.3, 0.4) is 0 Å². The third kappa shape index (κ3) is 3.57. The van der Waals surface area contributed by atoms with Crippen molar-refractivity contribution in [1.29, 1.82) is 0 Å². The van der Waals surface area contributed by atoms with E-state index >= 15 is 0 Å². The van der Waals surface area contributed by atoms with Gasteiger partial charge in [-0.15, -0.1) is 6.58 Å². The molecule has 0 amide bonds. The van der Waals surface area contributed by atoms with E-state index < -0.39 is 0 Å². The average Bonchev–Trinajstić information content (AvgIpc) is 2.93. The van der Waals surface area contributed by atoms with Crippen LogP contribution < -0.4 is 0 Å². The molecule has 3 aromatic rings. The zero-order chi connectivity index (χ0) is 18.0. The third-order valence-corrected chi connectivity index (χ3v) is 5.31. The van der Waals surface area contributed by atoms with Crippen LogP contribution in [-0.4, -0.2) is 4.57 Å². The monoisotopic (exact) mass is 399 g/mol. The van der Waals surface area contributed by atoms with E-state index in [2.05, 4.69) is 65.2 Å². The van der Waals surface area contributed by atoms with Crippen molar-refractivity contribution in [2.24, 2.45) is 0 Å². The summed E-state index contributed by atoms with van der Waals surface area (Å²) in [6, 6.07) is 12.1. The number of hydrogen-bond acceptors (Lipinski definition) is 0. The number of allylic oxidation sites excluding steroid dienone is 1. The molecule has 0 unspecified atom stereocenters. The summed E-state index contributed by atoms with van der Waals surface area (Å²) in [6.45, 7) is 8.96. The fourth-order valence-corrected chi connectivity index (χ4v) is 3.62. The molecule has 0 atom stereocenters. The van der Waals surface area contributed by atoms with Crippen molar-refractivity contribution in [2.45, 2.75) is 39.7 Å². The molecule has 0 bridgehead atoms. The van der Waals surface area contributed by atoms with E-state index in [1.807, 2.05) is 12.1 Å². The van der Waals surface area contributed by atoms with Crippen molar-refractivity contribution in [3.63, 3.8) is 0 Å². The molecule has 0 spiro atoms. The first-order valence-electron chi connectivity index (χ1n) is 8.74. The molecule has 25 heavy (non-hydrogen) atoms. The van der Waals surface area contributed by atoms with Crippen LogP contribution in [0.2, 0.25) is 0 Å². The molecule has 0 saturated heterocycles. The van der Waals surface area contributed by atoms with Crippen molar-refractivity contribution in [3.8, 4) is 11.3 Å². The zero-order valence-electron chi connectivity index (χ0n) is 14.8. The molecule has 1 aromatic heterocycles. The third-order valence-electron chi connectivity index (χ3n) is 4.70. The highest BCUT2D eigenvalue weighted by molar-refractivity contribution is 9.10. The van der Waals surface area contributed by atoms with Crippen LogP contribution in [0.5, 0.6) is 0 Å². The maximum absolute atomic E-state index is 14.0. The molecule has 0 fully saturated rings. The molecule has 0 aliphatic carbocycles. The number of aromatic nitrogens is 1. The summed E-state index contributed by atoms with van der Waals surface area (Å²) in [5, 5.41) is 0.910. The van der Waals surface area contributed by atoms with E-state index in [1.165, 1.54) is 29.5 Å². The van der Waals surface area contributed by atoms with Gasteiger partial charge >= 0.3 is 0 Å². The SMILES string of the molecule is C=CCn1c(-c2ccc(C)c(CCCC)c2)cc2cc(F)c(Br)cc21. The Bertz CT molecular complexity index is 923. The Hall–Kier alpha value is -1.87. The largest absolute Gasteiger partial charge is 0.337 e. The number of halogens is 2. The summed E-state index contributed by atoms with van der Waals surface area (Å²) in [5.74, 6) is -0.234. The Morgan fingerprint density at radius 2 is 2.00 bits per heavy atom. The van der Waals surface area contributed by atoms with Crippen LogP contribution in [0.1, 0.15) is 30.9 Å². The molecule has 1 nitrogen and oxygen atoms in total. The van der Waals surface area contributed by atoms with Crippen LogP contribution >= 0.6 is 15.9 Å². The van der Waals surface area contributed by atoms with Crippen LogP contribution in [-0.2, 0) is 13.0 Å². The predicted molar refractivity (Wildman–Crippen MR) is 109 cm³/mol. The Labute approximate surface area is 157 Å². The van der Waals surface area contributed by atoms with Gasteiger partial charge in [0.25, 0.3) is 0 Å². The van der Waals surface area contributed by atoms with Crippen molar-refractivity contribution in [3.05, 3.63) is 70.5 Å². The minimum absolute atomic E-state index is 0.234. The minimum Gasteiger partial charge on any atom is -0.337 e. The van der Waals surface area contributed by atoms with Crippen LogP contribution in [0.15, 0.2) is 53.5 Å². The Kier molecular flexibility index (Phi) is 5.43. The number of aryl methyl sites for hydroxylation is 2. The van der Waals surface area contributed by atoms with Gasteiger partial charge in [0.2, 0.25) is 0 Å².